The van der Waals surface area contributed by atoms with Gasteiger partial charge in [-0.25, -0.2) is 8.42 Å². The summed E-state index contributed by atoms with van der Waals surface area (Å²) in [6.07, 6.45) is 3.17. The molecule has 10 heteroatoms. The Morgan fingerprint density at radius 1 is 0.881 bits per heavy atom. The topological polar surface area (TPSA) is 105 Å². The normalized spacial score (nSPS) is 11.8. The fourth-order valence-corrected chi connectivity index (χ4v) is 5.27. The van der Waals surface area contributed by atoms with Gasteiger partial charge in [-0.15, -0.1) is 0 Å². The molecule has 0 aliphatic rings. The number of rotatable bonds is 16. The largest absolute Gasteiger partial charge is 0.497 e. The van der Waals surface area contributed by atoms with Crippen molar-refractivity contribution < 1.29 is 27.5 Å². The highest BCUT2D eigenvalue weighted by molar-refractivity contribution is 7.92. The first-order valence-corrected chi connectivity index (χ1v) is 16.0. The zero-order valence-electron chi connectivity index (χ0n) is 24.8. The second-order valence-corrected chi connectivity index (χ2v) is 11.9. The van der Waals surface area contributed by atoms with E-state index in [0.717, 1.165) is 34.5 Å². The quantitative estimate of drug-likeness (QED) is 0.239. The standard InChI is InChI=1S/C32H41N3O6S/c1-5-7-21-33-32(37)30(6-2)34(22-25-13-17-28(40-3)18-14-25)31(36)23-35(42(4,38)39)27-15-19-29(20-16-27)41-24-26-11-9-8-10-12-26/h8-20,30H,5-7,21-24H2,1-4H3,(H,33,37)/t30-/m1/s1. The SMILES string of the molecule is CCCCNC(=O)[C@@H](CC)N(Cc1ccc(OC)cc1)C(=O)CN(c1ccc(OCc2ccccc2)cc1)S(C)(=O)=O. The Morgan fingerprint density at radius 3 is 2.10 bits per heavy atom. The molecule has 0 aliphatic carbocycles. The Kier molecular flexibility index (Phi) is 12.2. The van der Waals surface area contributed by atoms with Gasteiger partial charge in [0.1, 0.15) is 30.7 Å². The number of hydrogen-bond acceptors (Lipinski definition) is 6. The summed E-state index contributed by atoms with van der Waals surface area (Å²) in [6.45, 7) is 4.41. The minimum absolute atomic E-state index is 0.131. The third-order valence-corrected chi connectivity index (χ3v) is 7.92. The van der Waals surface area contributed by atoms with Crippen molar-refractivity contribution in [2.75, 3.05) is 30.8 Å². The van der Waals surface area contributed by atoms with E-state index < -0.39 is 28.5 Å². The van der Waals surface area contributed by atoms with E-state index in [2.05, 4.69) is 5.32 Å². The van der Waals surface area contributed by atoms with Crippen LogP contribution in [-0.2, 0) is 32.8 Å². The summed E-state index contributed by atoms with van der Waals surface area (Å²) in [6, 6.07) is 22.7. The molecule has 3 aromatic rings. The fraction of sp³-hybridized carbons (Fsp3) is 0.375. The number of carbonyl (C=O) groups is 2. The molecule has 42 heavy (non-hydrogen) atoms. The van der Waals surface area contributed by atoms with Gasteiger partial charge in [0.25, 0.3) is 0 Å². The first kappa shape index (κ1) is 32.5. The zero-order chi connectivity index (χ0) is 30.5. The lowest BCUT2D eigenvalue weighted by molar-refractivity contribution is -0.140. The van der Waals surface area contributed by atoms with Crippen LogP contribution in [-0.4, -0.2) is 57.6 Å². The lowest BCUT2D eigenvalue weighted by atomic mass is 10.1. The van der Waals surface area contributed by atoms with E-state index in [1.54, 1.807) is 43.5 Å². The lowest BCUT2D eigenvalue weighted by Crippen LogP contribution is -2.52. The van der Waals surface area contributed by atoms with Gasteiger partial charge in [0.15, 0.2) is 0 Å². The maximum atomic E-state index is 13.9. The molecule has 0 aliphatic heterocycles. The summed E-state index contributed by atoms with van der Waals surface area (Å²) in [5.74, 6) is 0.482. The van der Waals surface area contributed by atoms with Crippen LogP contribution in [0.2, 0.25) is 0 Å². The van der Waals surface area contributed by atoms with E-state index in [4.69, 9.17) is 9.47 Å². The Balaban J connectivity index is 1.84. The summed E-state index contributed by atoms with van der Waals surface area (Å²) in [5.41, 5.74) is 2.11. The molecule has 0 fully saturated rings. The fourth-order valence-electron chi connectivity index (χ4n) is 4.42. The number of amides is 2. The second kappa shape index (κ2) is 15.8. The van der Waals surface area contributed by atoms with Gasteiger partial charge < -0.3 is 19.7 Å². The van der Waals surface area contributed by atoms with Gasteiger partial charge in [0.05, 0.1) is 19.1 Å². The predicted octanol–water partition coefficient (Wildman–Crippen LogP) is 4.76. The molecular formula is C32H41N3O6S. The van der Waals surface area contributed by atoms with E-state index in [-0.39, 0.29) is 12.5 Å². The van der Waals surface area contributed by atoms with Crippen molar-refractivity contribution in [3.05, 3.63) is 90.0 Å². The zero-order valence-corrected chi connectivity index (χ0v) is 25.6. The van der Waals surface area contributed by atoms with Crippen molar-refractivity contribution in [2.45, 2.75) is 52.3 Å². The number of methoxy groups -OCH3 is 1. The van der Waals surface area contributed by atoms with Gasteiger partial charge in [0.2, 0.25) is 21.8 Å². The number of ether oxygens (including phenoxy) is 2. The number of unbranched alkanes of at least 4 members (excludes halogenated alkanes) is 1. The minimum Gasteiger partial charge on any atom is -0.497 e. The van der Waals surface area contributed by atoms with Crippen LogP contribution in [0.5, 0.6) is 11.5 Å². The van der Waals surface area contributed by atoms with Crippen molar-refractivity contribution in [1.29, 1.82) is 0 Å². The summed E-state index contributed by atoms with van der Waals surface area (Å²) in [5, 5.41) is 2.92. The van der Waals surface area contributed by atoms with E-state index in [1.165, 1.54) is 4.90 Å². The number of benzene rings is 3. The number of carbonyl (C=O) groups excluding carboxylic acids is 2. The van der Waals surface area contributed by atoms with Crippen LogP contribution in [0.3, 0.4) is 0 Å². The van der Waals surface area contributed by atoms with Crippen LogP contribution in [0, 0.1) is 0 Å². The highest BCUT2D eigenvalue weighted by atomic mass is 32.2. The molecular weight excluding hydrogens is 554 g/mol. The molecule has 2 amide bonds. The summed E-state index contributed by atoms with van der Waals surface area (Å²) >= 11 is 0. The first-order chi connectivity index (χ1) is 20.2. The van der Waals surface area contributed by atoms with E-state index in [9.17, 15) is 18.0 Å². The molecule has 226 valence electrons. The Hall–Kier alpha value is -4.05. The minimum atomic E-state index is -3.84. The molecule has 0 saturated heterocycles. The van der Waals surface area contributed by atoms with Crippen molar-refractivity contribution >= 4 is 27.5 Å². The predicted molar refractivity (Wildman–Crippen MR) is 165 cm³/mol. The third kappa shape index (κ3) is 9.51. The van der Waals surface area contributed by atoms with E-state index >= 15 is 0 Å². The van der Waals surface area contributed by atoms with Gasteiger partial charge in [-0.05, 0) is 60.4 Å². The van der Waals surface area contributed by atoms with Gasteiger partial charge in [-0.2, -0.15) is 0 Å². The Morgan fingerprint density at radius 2 is 1.52 bits per heavy atom. The smallest absolute Gasteiger partial charge is 0.244 e. The van der Waals surface area contributed by atoms with Gasteiger partial charge >= 0.3 is 0 Å². The molecule has 0 bridgehead atoms. The molecule has 0 spiro atoms. The van der Waals surface area contributed by atoms with Crippen molar-refractivity contribution in [2.24, 2.45) is 0 Å². The molecule has 0 aromatic heterocycles. The maximum Gasteiger partial charge on any atom is 0.244 e. The average Bonchev–Trinajstić information content (AvgIpc) is 2.99. The Bertz CT molecular complexity index is 1380. The van der Waals surface area contributed by atoms with Crippen molar-refractivity contribution in [3.8, 4) is 11.5 Å². The van der Waals surface area contributed by atoms with Gasteiger partial charge in [0, 0.05) is 13.1 Å². The summed E-state index contributed by atoms with van der Waals surface area (Å²) in [7, 11) is -2.27. The van der Waals surface area contributed by atoms with E-state index in [1.807, 2.05) is 56.3 Å². The monoisotopic (exact) mass is 595 g/mol. The molecule has 1 atom stereocenters. The van der Waals surface area contributed by atoms with Crippen LogP contribution in [0.4, 0.5) is 5.69 Å². The third-order valence-electron chi connectivity index (χ3n) is 6.78. The van der Waals surface area contributed by atoms with Gasteiger partial charge in [-0.3, -0.25) is 13.9 Å². The molecule has 0 heterocycles. The van der Waals surface area contributed by atoms with Crippen molar-refractivity contribution in [3.63, 3.8) is 0 Å². The van der Waals surface area contributed by atoms with Crippen LogP contribution < -0.4 is 19.1 Å². The number of anilines is 1. The first-order valence-electron chi connectivity index (χ1n) is 14.1. The molecule has 3 aromatic carbocycles. The van der Waals surface area contributed by atoms with Crippen LogP contribution in [0.15, 0.2) is 78.9 Å². The van der Waals surface area contributed by atoms with Crippen LogP contribution in [0.1, 0.15) is 44.2 Å². The molecule has 0 saturated carbocycles. The Labute approximate surface area is 249 Å². The second-order valence-electron chi connectivity index (χ2n) is 9.98. The molecule has 0 unspecified atom stereocenters. The molecule has 0 radical (unpaired) electrons. The van der Waals surface area contributed by atoms with Crippen LogP contribution in [0.25, 0.3) is 0 Å². The van der Waals surface area contributed by atoms with Crippen LogP contribution >= 0.6 is 0 Å². The van der Waals surface area contributed by atoms with Crippen molar-refractivity contribution in [1.82, 2.24) is 10.2 Å². The average molecular weight is 596 g/mol. The number of sulfonamides is 1. The molecule has 1 N–H and O–H groups in total. The maximum absolute atomic E-state index is 13.9. The summed E-state index contributed by atoms with van der Waals surface area (Å²) in [4.78, 5) is 28.5. The molecule has 3 rings (SSSR count). The van der Waals surface area contributed by atoms with E-state index in [0.29, 0.717) is 36.8 Å². The number of hydrogen-bond donors (Lipinski definition) is 1. The summed E-state index contributed by atoms with van der Waals surface area (Å²) < 4.78 is 37.9. The van der Waals surface area contributed by atoms with Gasteiger partial charge in [-0.1, -0.05) is 62.7 Å². The highest BCUT2D eigenvalue weighted by Crippen LogP contribution is 2.24. The number of nitrogens with one attached hydrogen (secondary N) is 1. The number of nitrogens with zero attached hydrogens (tertiary/aromatic N) is 2. The molecule has 9 nitrogen and oxygen atoms in total. The highest BCUT2D eigenvalue weighted by Gasteiger charge is 2.31. The lowest BCUT2D eigenvalue weighted by Gasteiger charge is -2.33.